The van der Waals surface area contributed by atoms with E-state index in [-0.39, 0.29) is 11.3 Å². The van der Waals surface area contributed by atoms with E-state index in [1.807, 2.05) is 35.2 Å². The summed E-state index contributed by atoms with van der Waals surface area (Å²) in [5.74, 6) is 1.98. The lowest BCUT2D eigenvalue weighted by Gasteiger charge is -2.24. The Kier molecular flexibility index (Phi) is 4.71. The van der Waals surface area contributed by atoms with Crippen molar-refractivity contribution in [3.05, 3.63) is 53.9 Å². The summed E-state index contributed by atoms with van der Waals surface area (Å²) in [4.78, 5) is 18.3. The first-order valence-electron chi connectivity index (χ1n) is 7.25. The molecule has 1 atom stereocenters. The maximum atomic E-state index is 12.3. The van der Waals surface area contributed by atoms with E-state index in [1.54, 1.807) is 38.4 Å². The Bertz CT molecular complexity index is 693. The van der Waals surface area contributed by atoms with Gasteiger partial charge < -0.3 is 14.4 Å². The number of carbonyl (C=O) groups is 1. The molecule has 5 nitrogen and oxygen atoms in total. The standard InChI is InChI=1S/C17H18N2O3S/c1-21-14-6-5-13(8-15(14)22-2)17-19(16(20)11-23-17)10-12-4-3-7-18-9-12/h3-9,17H,10-11H2,1-2H3/t17-/m1/s1. The molecule has 0 bridgehead atoms. The number of nitrogens with zero attached hydrogens (tertiary/aromatic N) is 2. The minimum absolute atomic E-state index is 0.0255. The van der Waals surface area contributed by atoms with Gasteiger partial charge in [0.2, 0.25) is 5.91 Å². The smallest absolute Gasteiger partial charge is 0.234 e. The summed E-state index contributed by atoms with van der Waals surface area (Å²) in [6.07, 6.45) is 3.53. The van der Waals surface area contributed by atoms with Gasteiger partial charge in [0.1, 0.15) is 5.37 Å². The number of thioether (sulfide) groups is 1. The van der Waals surface area contributed by atoms with Gasteiger partial charge in [0, 0.05) is 18.9 Å². The molecule has 0 saturated carbocycles. The molecule has 2 aromatic rings. The number of hydrogen-bond donors (Lipinski definition) is 0. The van der Waals surface area contributed by atoms with Crippen molar-refractivity contribution in [1.82, 2.24) is 9.88 Å². The van der Waals surface area contributed by atoms with Gasteiger partial charge in [-0.05, 0) is 29.3 Å². The number of aromatic nitrogens is 1. The van der Waals surface area contributed by atoms with Crippen molar-refractivity contribution in [2.24, 2.45) is 0 Å². The first-order valence-corrected chi connectivity index (χ1v) is 8.29. The molecular weight excluding hydrogens is 312 g/mol. The second kappa shape index (κ2) is 6.91. The maximum absolute atomic E-state index is 12.3. The monoisotopic (exact) mass is 330 g/mol. The molecule has 1 aliphatic rings. The van der Waals surface area contributed by atoms with Gasteiger partial charge in [-0.15, -0.1) is 11.8 Å². The summed E-state index contributed by atoms with van der Waals surface area (Å²) in [6.45, 7) is 0.554. The topological polar surface area (TPSA) is 51.7 Å². The normalized spacial score (nSPS) is 17.4. The van der Waals surface area contributed by atoms with Crippen molar-refractivity contribution in [2.45, 2.75) is 11.9 Å². The molecule has 120 valence electrons. The van der Waals surface area contributed by atoms with Crippen molar-refractivity contribution in [2.75, 3.05) is 20.0 Å². The van der Waals surface area contributed by atoms with Crippen LogP contribution in [0.2, 0.25) is 0 Å². The lowest BCUT2D eigenvalue weighted by Crippen LogP contribution is -2.27. The van der Waals surface area contributed by atoms with Crippen molar-refractivity contribution >= 4 is 17.7 Å². The highest BCUT2D eigenvalue weighted by Crippen LogP contribution is 2.42. The zero-order valence-corrected chi connectivity index (χ0v) is 13.9. The summed E-state index contributed by atoms with van der Waals surface area (Å²) in [6, 6.07) is 9.66. The molecule has 1 amide bonds. The van der Waals surface area contributed by atoms with Gasteiger partial charge in [0.05, 0.1) is 20.0 Å². The molecule has 1 aromatic carbocycles. The predicted molar refractivity (Wildman–Crippen MR) is 89.5 cm³/mol. The molecule has 6 heteroatoms. The quantitative estimate of drug-likeness (QED) is 0.844. The van der Waals surface area contributed by atoms with E-state index in [0.717, 1.165) is 11.1 Å². The number of carbonyl (C=O) groups excluding carboxylic acids is 1. The average Bonchev–Trinajstić information content (AvgIpc) is 2.96. The zero-order valence-electron chi connectivity index (χ0n) is 13.1. The summed E-state index contributed by atoms with van der Waals surface area (Å²) >= 11 is 1.62. The third-order valence-electron chi connectivity index (χ3n) is 3.74. The largest absolute Gasteiger partial charge is 0.493 e. The Morgan fingerprint density at radius 2 is 2.09 bits per heavy atom. The number of pyridine rings is 1. The van der Waals surface area contributed by atoms with Gasteiger partial charge in [-0.25, -0.2) is 0 Å². The first-order chi connectivity index (χ1) is 11.2. The average molecular weight is 330 g/mol. The number of amides is 1. The number of ether oxygens (including phenoxy) is 2. The fourth-order valence-corrected chi connectivity index (χ4v) is 3.77. The van der Waals surface area contributed by atoms with Crippen molar-refractivity contribution in [1.29, 1.82) is 0 Å². The van der Waals surface area contributed by atoms with E-state index >= 15 is 0 Å². The minimum Gasteiger partial charge on any atom is -0.493 e. The minimum atomic E-state index is -0.0255. The SMILES string of the molecule is COc1ccc([C@H]2SCC(=O)N2Cc2cccnc2)cc1OC. The molecule has 2 heterocycles. The lowest BCUT2D eigenvalue weighted by atomic mass is 10.1. The number of benzene rings is 1. The van der Waals surface area contributed by atoms with Crippen LogP contribution in [0.25, 0.3) is 0 Å². The van der Waals surface area contributed by atoms with Gasteiger partial charge in [0.15, 0.2) is 11.5 Å². The Balaban J connectivity index is 1.87. The van der Waals surface area contributed by atoms with Crippen LogP contribution in [0.5, 0.6) is 11.5 Å². The number of rotatable bonds is 5. The third-order valence-corrected chi connectivity index (χ3v) is 4.99. The molecule has 0 radical (unpaired) electrons. The molecule has 23 heavy (non-hydrogen) atoms. The summed E-state index contributed by atoms with van der Waals surface area (Å²) < 4.78 is 10.6. The fraction of sp³-hybridized carbons (Fsp3) is 0.294. The first kappa shape index (κ1) is 15.7. The molecule has 1 fully saturated rings. The molecule has 0 aliphatic carbocycles. The van der Waals surface area contributed by atoms with Crippen molar-refractivity contribution in [3.63, 3.8) is 0 Å². The second-order valence-electron chi connectivity index (χ2n) is 5.16. The summed E-state index contributed by atoms with van der Waals surface area (Å²) in [7, 11) is 3.22. The van der Waals surface area contributed by atoms with Crippen LogP contribution in [0.3, 0.4) is 0 Å². The highest BCUT2D eigenvalue weighted by molar-refractivity contribution is 8.00. The van der Waals surface area contributed by atoms with Crippen LogP contribution in [0.4, 0.5) is 0 Å². The lowest BCUT2D eigenvalue weighted by molar-refractivity contribution is -0.128. The molecule has 0 spiro atoms. The molecule has 0 unspecified atom stereocenters. The molecule has 1 saturated heterocycles. The van der Waals surface area contributed by atoms with E-state index in [1.165, 1.54) is 0 Å². The van der Waals surface area contributed by atoms with Gasteiger partial charge in [0.25, 0.3) is 0 Å². The van der Waals surface area contributed by atoms with E-state index < -0.39 is 0 Å². The van der Waals surface area contributed by atoms with E-state index in [0.29, 0.717) is 23.8 Å². The van der Waals surface area contributed by atoms with Crippen LogP contribution in [0, 0.1) is 0 Å². The van der Waals surface area contributed by atoms with Crippen LogP contribution >= 0.6 is 11.8 Å². The predicted octanol–water partition coefficient (Wildman–Crippen LogP) is 2.87. The van der Waals surface area contributed by atoms with Gasteiger partial charge in [-0.3, -0.25) is 9.78 Å². The van der Waals surface area contributed by atoms with Gasteiger partial charge in [-0.2, -0.15) is 0 Å². The van der Waals surface area contributed by atoms with Crippen LogP contribution in [-0.2, 0) is 11.3 Å². The molecule has 1 aliphatic heterocycles. The van der Waals surface area contributed by atoms with E-state index in [2.05, 4.69) is 4.98 Å². The Morgan fingerprint density at radius 1 is 1.26 bits per heavy atom. The van der Waals surface area contributed by atoms with Crippen molar-refractivity contribution < 1.29 is 14.3 Å². The molecular formula is C17H18N2O3S. The van der Waals surface area contributed by atoms with Crippen LogP contribution in [0.1, 0.15) is 16.5 Å². The second-order valence-corrected chi connectivity index (χ2v) is 6.23. The molecule has 1 aromatic heterocycles. The molecule has 3 rings (SSSR count). The highest BCUT2D eigenvalue weighted by Gasteiger charge is 2.33. The Hall–Kier alpha value is -2.21. The summed E-state index contributed by atoms with van der Waals surface area (Å²) in [5.41, 5.74) is 2.05. The highest BCUT2D eigenvalue weighted by atomic mass is 32.2. The van der Waals surface area contributed by atoms with Crippen LogP contribution in [-0.4, -0.2) is 35.8 Å². The summed E-state index contributed by atoms with van der Waals surface area (Å²) in [5, 5.41) is -0.0255. The Morgan fingerprint density at radius 3 is 2.78 bits per heavy atom. The Labute approximate surface area is 139 Å². The van der Waals surface area contributed by atoms with Crippen LogP contribution < -0.4 is 9.47 Å². The van der Waals surface area contributed by atoms with Crippen molar-refractivity contribution in [3.8, 4) is 11.5 Å². The third kappa shape index (κ3) is 3.27. The van der Waals surface area contributed by atoms with E-state index in [9.17, 15) is 4.79 Å². The number of methoxy groups -OCH3 is 2. The fourth-order valence-electron chi connectivity index (χ4n) is 2.60. The van der Waals surface area contributed by atoms with Crippen LogP contribution in [0.15, 0.2) is 42.7 Å². The maximum Gasteiger partial charge on any atom is 0.234 e. The van der Waals surface area contributed by atoms with Gasteiger partial charge >= 0.3 is 0 Å². The molecule has 0 N–H and O–H groups in total. The zero-order chi connectivity index (χ0) is 16.2. The van der Waals surface area contributed by atoms with Gasteiger partial charge in [-0.1, -0.05) is 12.1 Å². The van der Waals surface area contributed by atoms with E-state index in [4.69, 9.17) is 9.47 Å². The number of hydrogen-bond acceptors (Lipinski definition) is 5.